The number of nitrogens with zero attached hydrogens (tertiary/aromatic N) is 1. The number of hydrogen-bond acceptors (Lipinski definition) is 4. The fraction of sp³-hybridized carbons (Fsp3) is 0. The first-order valence-corrected chi connectivity index (χ1v) is 5.85. The van der Waals surface area contributed by atoms with Crippen LogP contribution in [0.2, 0.25) is 0 Å². The van der Waals surface area contributed by atoms with E-state index in [-0.39, 0.29) is 11.0 Å². The topological polar surface area (TPSA) is 99.8 Å². The molecule has 0 radical (unpaired) electrons. The molecule has 20 heavy (non-hydrogen) atoms. The fourth-order valence-electron chi connectivity index (χ4n) is 1.89. The van der Waals surface area contributed by atoms with E-state index in [4.69, 9.17) is 0 Å². The minimum absolute atomic E-state index is 0.120. The van der Waals surface area contributed by atoms with Gasteiger partial charge >= 0.3 is 5.69 Å². The van der Waals surface area contributed by atoms with Crippen LogP contribution in [-0.2, 0) is 0 Å². The van der Waals surface area contributed by atoms with Crippen molar-refractivity contribution in [3.63, 3.8) is 0 Å². The average molecular weight is 270 g/mol. The Balaban J connectivity index is 2.29. The van der Waals surface area contributed by atoms with Gasteiger partial charge in [0, 0.05) is 6.07 Å². The maximum absolute atomic E-state index is 11.9. The highest BCUT2D eigenvalue weighted by atomic mass is 16.2. The molecule has 0 amide bonds. The van der Waals surface area contributed by atoms with E-state index in [1.807, 2.05) is 6.07 Å². The highest BCUT2D eigenvalue weighted by Gasteiger charge is 2.08. The number of pyridine rings is 1. The zero-order chi connectivity index (χ0) is 14.1. The fourth-order valence-corrected chi connectivity index (χ4v) is 1.89. The molecule has 2 aromatic heterocycles. The van der Waals surface area contributed by atoms with Gasteiger partial charge in [-0.2, -0.15) is 4.68 Å². The van der Waals surface area contributed by atoms with Gasteiger partial charge in [0.15, 0.2) is 5.65 Å². The standard InChI is InChI=1S/C13H10N4O3/c18-10-7-6-9-11(14-10)17(13(20)15-12(9)19)16-8-4-2-1-3-5-8/h1-7,16H,(H,14,18)(H,15,19,20). The van der Waals surface area contributed by atoms with Gasteiger partial charge in [-0.3, -0.25) is 20.0 Å². The van der Waals surface area contributed by atoms with Crippen molar-refractivity contribution in [1.29, 1.82) is 0 Å². The molecule has 0 saturated heterocycles. The van der Waals surface area contributed by atoms with Crippen LogP contribution in [-0.4, -0.2) is 14.6 Å². The molecular formula is C13H10N4O3. The number of para-hydroxylation sites is 1. The lowest BCUT2D eigenvalue weighted by molar-refractivity contribution is 0.857. The normalized spacial score (nSPS) is 10.6. The number of benzene rings is 1. The number of aromatic nitrogens is 3. The van der Waals surface area contributed by atoms with Gasteiger partial charge in [0.25, 0.3) is 5.56 Å². The van der Waals surface area contributed by atoms with Crippen LogP contribution in [0.25, 0.3) is 11.0 Å². The van der Waals surface area contributed by atoms with Gasteiger partial charge in [0.2, 0.25) is 5.56 Å². The highest BCUT2D eigenvalue weighted by molar-refractivity contribution is 5.73. The smallest absolute Gasteiger partial charge is 0.306 e. The lowest BCUT2D eigenvalue weighted by Gasteiger charge is -2.11. The summed E-state index contributed by atoms with van der Waals surface area (Å²) in [5, 5.41) is 0.215. The van der Waals surface area contributed by atoms with Crippen LogP contribution >= 0.6 is 0 Å². The Hall–Kier alpha value is -3.09. The van der Waals surface area contributed by atoms with E-state index in [9.17, 15) is 14.4 Å². The van der Waals surface area contributed by atoms with Crippen LogP contribution in [0, 0.1) is 0 Å². The minimum atomic E-state index is -0.659. The summed E-state index contributed by atoms with van der Waals surface area (Å²) >= 11 is 0. The van der Waals surface area contributed by atoms with Gasteiger partial charge in [-0.1, -0.05) is 18.2 Å². The van der Waals surface area contributed by atoms with Gasteiger partial charge in [0.05, 0.1) is 11.1 Å². The molecule has 3 rings (SSSR count). The molecular weight excluding hydrogens is 260 g/mol. The largest absolute Gasteiger partial charge is 0.349 e. The number of anilines is 1. The molecule has 0 atom stereocenters. The number of nitrogens with one attached hydrogen (secondary N) is 3. The lowest BCUT2D eigenvalue weighted by Crippen LogP contribution is -2.35. The quantitative estimate of drug-likeness (QED) is 0.621. The van der Waals surface area contributed by atoms with Crippen LogP contribution in [0.4, 0.5) is 5.69 Å². The molecule has 0 aliphatic heterocycles. The van der Waals surface area contributed by atoms with Crippen LogP contribution < -0.4 is 22.2 Å². The molecule has 3 aromatic rings. The number of hydrogen-bond donors (Lipinski definition) is 3. The number of rotatable bonds is 2. The monoisotopic (exact) mass is 270 g/mol. The van der Waals surface area contributed by atoms with Crippen molar-refractivity contribution < 1.29 is 0 Å². The van der Waals surface area contributed by atoms with E-state index >= 15 is 0 Å². The summed E-state index contributed by atoms with van der Waals surface area (Å²) in [5.74, 6) is 0. The number of H-pyrrole nitrogens is 2. The predicted molar refractivity (Wildman–Crippen MR) is 74.9 cm³/mol. The first kappa shape index (κ1) is 12.0. The van der Waals surface area contributed by atoms with Crippen molar-refractivity contribution in [2.75, 3.05) is 5.43 Å². The molecule has 7 heteroatoms. The summed E-state index contributed by atoms with van der Waals surface area (Å²) in [6.45, 7) is 0. The Kier molecular flexibility index (Phi) is 2.72. The zero-order valence-electron chi connectivity index (χ0n) is 10.2. The van der Waals surface area contributed by atoms with Crippen molar-refractivity contribution in [3.05, 3.63) is 73.7 Å². The molecule has 2 heterocycles. The molecule has 100 valence electrons. The molecule has 0 fully saturated rings. The van der Waals surface area contributed by atoms with E-state index in [1.54, 1.807) is 24.3 Å². The van der Waals surface area contributed by atoms with Crippen molar-refractivity contribution >= 4 is 16.7 Å². The van der Waals surface area contributed by atoms with Crippen LogP contribution in [0.5, 0.6) is 0 Å². The summed E-state index contributed by atoms with van der Waals surface area (Å²) in [6.07, 6.45) is 0. The van der Waals surface area contributed by atoms with Crippen LogP contribution in [0.3, 0.4) is 0 Å². The van der Waals surface area contributed by atoms with Gasteiger partial charge in [-0.25, -0.2) is 4.79 Å². The summed E-state index contributed by atoms with van der Waals surface area (Å²) in [5.41, 5.74) is 2.00. The van der Waals surface area contributed by atoms with E-state index in [0.717, 1.165) is 4.68 Å². The molecule has 0 aliphatic carbocycles. The molecule has 0 spiro atoms. The third-order valence-corrected chi connectivity index (χ3v) is 2.80. The van der Waals surface area contributed by atoms with Crippen molar-refractivity contribution in [2.45, 2.75) is 0 Å². The molecule has 1 aromatic carbocycles. The second kappa shape index (κ2) is 4.54. The molecule has 0 bridgehead atoms. The second-order valence-electron chi connectivity index (χ2n) is 4.16. The Bertz CT molecular complexity index is 937. The summed E-state index contributed by atoms with van der Waals surface area (Å²) in [4.78, 5) is 39.7. The zero-order valence-corrected chi connectivity index (χ0v) is 10.2. The SMILES string of the molecule is O=c1ccc2c(=O)[nH]c(=O)n(Nc3ccccc3)c2[nH]1. The van der Waals surface area contributed by atoms with E-state index in [0.29, 0.717) is 5.69 Å². The highest BCUT2D eigenvalue weighted by Crippen LogP contribution is 2.07. The predicted octanol–water partition coefficient (Wildman–Crippen LogP) is 0.253. The number of fused-ring (bicyclic) bond motifs is 1. The lowest BCUT2D eigenvalue weighted by atomic mass is 10.3. The van der Waals surface area contributed by atoms with Gasteiger partial charge < -0.3 is 4.98 Å². The van der Waals surface area contributed by atoms with Crippen molar-refractivity contribution in [1.82, 2.24) is 14.6 Å². The third-order valence-electron chi connectivity index (χ3n) is 2.80. The Morgan fingerprint density at radius 1 is 0.900 bits per heavy atom. The second-order valence-corrected chi connectivity index (χ2v) is 4.16. The summed E-state index contributed by atoms with van der Waals surface area (Å²) in [6, 6.07) is 11.5. The van der Waals surface area contributed by atoms with E-state index in [2.05, 4.69) is 15.4 Å². The molecule has 0 aliphatic rings. The average Bonchev–Trinajstić information content (AvgIpc) is 2.44. The minimum Gasteiger partial charge on any atom is -0.306 e. The summed E-state index contributed by atoms with van der Waals surface area (Å²) in [7, 11) is 0. The third kappa shape index (κ3) is 2.01. The van der Waals surface area contributed by atoms with E-state index < -0.39 is 16.8 Å². The Labute approximate surface area is 111 Å². The maximum atomic E-state index is 11.9. The first-order valence-electron chi connectivity index (χ1n) is 5.85. The maximum Gasteiger partial charge on any atom is 0.349 e. The van der Waals surface area contributed by atoms with Gasteiger partial charge in [-0.05, 0) is 18.2 Å². The van der Waals surface area contributed by atoms with E-state index in [1.165, 1.54) is 12.1 Å². The Morgan fingerprint density at radius 3 is 2.40 bits per heavy atom. The Morgan fingerprint density at radius 2 is 1.65 bits per heavy atom. The summed E-state index contributed by atoms with van der Waals surface area (Å²) < 4.78 is 1.09. The molecule has 3 N–H and O–H groups in total. The molecule has 0 saturated carbocycles. The van der Waals surface area contributed by atoms with Crippen molar-refractivity contribution in [3.8, 4) is 0 Å². The number of aromatic amines is 2. The van der Waals surface area contributed by atoms with Gasteiger partial charge in [-0.15, -0.1) is 0 Å². The molecule has 7 nitrogen and oxygen atoms in total. The van der Waals surface area contributed by atoms with Gasteiger partial charge in [0.1, 0.15) is 0 Å². The van der Waals surface area contributed by atoms with Crippen LogP contribution in [0.1, 0.15) is 0 Å². The molecule has 0 unspecified atom stereocenters. The van der Waals surface area contributed by atoms with Crippen LogP contribution in [0.15, 0.2) is 56.8 Å². The first-order chi connectivity index (χ1) is 9.65. The van der Waals surface area contributed by atoms with Crippen molar-refractivity contribution in [2.24, 2.45) is 0 Å².